The minimum atomic E-state index is -0.355. The summed E-state index contributed by atoms with van der Waals surface area (Å²) < 4.78 is 13.5. The SMILES string of the molecule is Nc1ccc(NCc2cccc(Cl)c2)c(F)c1. The maximum absolute atomic E-state index is 13.5. The smallest absolute Gasteiger partial charge is 0.148 e. The molecular weight excluding hydrogens is 239 g/mol. The molecule has 4 heteroatoms. The Morgan fingerprint density at radius 1 is 1.18 bits per heavy atom. The molecule has 0 bridgehead atoms. The maximum atomic E-state index is 13.5. The average molecular weight is 251 g/mol. The highest BCUT2D eigenvalue weighted by atomic mass is 35.5. The molecule has 0 amide bonds. The van der Waals surface area contributed by atoms with Gasteiger partial charge in [0.1, 0.15) is 5.82 Å². The number of rotatable bonds is 3. The molecule has 0 heterocycles. The van der Waals surface area contributed by atoms with Crippen LogP contribution >= 0.6 is 11.6 Å². The van der Waals surface area contributed by atoms with Gasteiger partial charge in [-0.15, -0.1) is 0 Å². The Hall–Kier alpha value is -1.74. The number of hydrogen-bond donors (Lipinski definition) is 2. The first kappa shape index (κ1) is 11.7. The van der Waals surface area contributed by atoms with E-state index < -0.39 is 0 Å². The van der Waals surface area contributed by atoms with Crippen molar-refractivity contribution in [3.05, 3.63) is 58.9 Å². The van der Waals surface area contributed by atoms with Crippen LogP contribution in [0.1, 0.15) is 5.56 Å². The molecule has 0 saturated carbocycles. The first-order valence-electron chi connectivity index (χ1n) is 5.18. The van der Waals surface area contributed by atoms with Gasteiger partial charge in [-0.1, -0.05) is 23.7 Å². The lowest BCUT2D eigenvalue weighted by Gasteiger charge is -2.08. The minimum Gasteiger partial charge on any atom is -0.399 e. The highest BCUT2D eigenvalue weighted by Crippen LogP contribution is 2.18. The summed E-state index contributed by atoms with van der Waals surface area (Å²) in [7, 11) is 0. The van der Waals surface area contributed by atoms with Crippen molar-refractivity contribution in [3.63, 3.8) is 0 Å². The number of nitrogen functional groups attached to an aromatic ring is 1. The molecule has 0 aliphatic heterocycles. The lowest BCUT2D eigenvalue weighted by molar-refractivity contribution is 0.631. The molecule has 2 nitrogen and oxygen atoms in total. The number of nitrogens with two attached hydrogens (primary N) is 1. The number of nitrogens with one attached hydrogen (secondary N) is 1. The molecule has 0 radical (unpaired) electrons. The van der Waals surface area contributed by atoms with Gasteiger partial charge >= 0.3 is 0 Å². The van der Waals surface area contributed by atoms with Crippen molar-refractivity contribution in [2.24, 2.45) is 0 Å². The summed E-state index contributed by atoms with van der Waals surface area (Å²) in [6.45, 7) is 0.515. The lowest BCUT2D eigenvalue weighted by Crippen LogP contribution is -2.01. The van der Waals surface area contributed by atoms with Crippen molar-refractivity contribution in [2.75, 3.05) is 11.1 Å². The van der Waals surface area contributed by atoms with Gasteiger partial charge in [-0.05, 0) is 35.9 Å². The molecule has 0 aliphatic carbocycles. The molecular formula is C13H12ClFN2. The van der Waals surface area contributed by atoms with E-state index in [2.05, 4.69) is 5.32 Å². The van der Waals surface area contributed by atoms with Gasteiger partial charge in [0, 0.05) is 17.3 Å². The number of halogens is 2. The third-order valence-corrected chi connectivity index (χ3v) is 2.60. The quantitative estimate of drug-likeness (QED) is 0.816. The molecule has 0 unspecified atom stereocenters. The Bertz CT molecular complexity index is 529. The second-order valence-electron chi connectivity index (χ2n) is 3.72. The van der Waals surface area contributed by atoms with Crippen molar-refractivity contribution < 1.29 is 4.39 Å². The molecule has 2 rings (SSSR count). The summed E-state index contributed by atoms with van der Waals surface area (Å²) in [5.74, 6) is -0.355. The lowest BCUT2D eigenvalue weighted by atomic mass is 10.2. The van der Waals surface area contributed by atoms with E-state index in [4.69, 9.17) is 17.3 Å². The molecule has 0 aromatic heterocycles. The van der Waals surface area contributed by atoms with Crippen molar-refractivity contribution in [3.8, 4) is 0 Å². The fourth-order valence-corrected chi connectivity index (χ4v) is 1.73. The highest BCUT2D eigenvalue weighted by molar-refractivity contribution is 6.30. The van der Waals surface area contributed by atoms with E-state index in [1.165, 1.54) is 6.07 Å². The Morgan fingerprint density at radius 2 is 2.00 bits per heavy atom. The Balaban J connectivity index is 2.07. The van der Waals surface area contributed by atoms with Crippen LogP contribution in [0.4, 0.5) is 15.8 Å². The molecule has 2 aromatic carbocycles. The van der Waals surface area contributed by atoms with Crippen LogP contribution in [0.25, 0.3) is 0 Å². The number of anilines is 2. The molecule has 2 aromatic rings. The van der Waals surface area contributed by atoms with Gasteiger partial charge in [0.2, 0.25) is 0 Å². The molecule has 0 atom stereocenters. The van der Waals surface area contributed by atoms with Crippen molar-refractivity contribution in [2.45, 2.75) is 6.54 Å². The summed E-state index contributed by atoms with van der Waals surface area (Å²) in [5.41, 5.74) is 7.31. The Kier molecular flexibility index (Phi) is 3.49. The van der Waals surface area contributed by atoms with E-state index in [0.29, 0.717) is 22.9 Å². The van der Waals surface area contributed by atoms with Gasteiger partial charge in [0.05, 0.1) is 5.69 Å². The van der Waals surface area contributed by atoms with Crippen molar-refractivity contribution in [1.29, 1.82) is 0 Å². The normalized spacial score (nSPS) is 10.2. The van der Waals surface area contributed by atoms with Crippen LogP contribution in [0.15, 0.2) is 42.5 Å². The van der Waals surface area contributed by atoms with Crippen LogP contribution < -0.4 is 11.1 Å². The average Bonchev–Trinajstić information content (AvgIpc) is 2.28. The van der Waals surface area contributed by atoms with Gasteiger partial charge < -0.3 is 11.1 Å². The van der Waals surface area contributed by atoms with Crippen LogP contribution in [-0.2, 0) is 6.54 Å². The summed E-state index contributed by atoms with van der Waals surface area (Å²) in [4.78, 5) is 0. The standard InChI is InChI=1S/C13H12ClFN2/c14-10-3-1-2-9(6-10)8-17-13-5-4-11(16)7-12(13)15/h1-7,17H,8,16H2. The molecule has 0 fully saturated rings. The van der Waals surface area contributed by atoms with E-state index in [1.54, 1.807) is 18.2 Å². The van der Waals surface area contributed by atoms with Crippen LogP contribution in [0.2, 0.25) is 5.02 Å². The number of benzene rings is 2. The van der Waals surface area contributed by atoms with E-state index in [-0.39, 0.29) is 5.82 Å². The predicted molar refractivity (Wildman–Crippen MR) is 69.6 cm³/mol. The van der Waals surface area contributed by atoms with E-state index in [9.17, 15) is 4.39 Å². The second kappa shape index (κ2) is 5.06. The molecule has 3 N–H and O–H groups in total. The predicted octanol–water partition coefficient (Wildman–Crippen LogP) is 3.67. The Labute approximate surface area is 104 Å². The van der Waals surface area contributed by atoms with Crippen LogP contribution in [0.5, 0.6) is 0 Å². The zero-order valence-electron chi connectivity index (χ0n) is 9.08. The van der Waals surface area contributed by atoms with E-state index in [0.717, 1.165) is 5.56 Å². The van der Waals surface area contributed by atoms with Crippen LogP contribution in [0.3, 0.4) is 0 Å². The zero-order valence-corrected chi connectivity index (χ0v) is 9.84. The van der Waals surface area contributed by atoms with Crippen molar-refractivity contribution >= 4 is 23.0 Å². The molecule has 88 valence electrons. The minimum absolute atomic E-state index is 0.355. The van der Waals surface area contributed by atoms with Gasteiger partial charge in [0.15, 0.2) is 0 Å². The largest absolute Gasteiger partial charge is 0.399 e. The topological polar surface area (TPSA) is 38.0 Å². The summed E-state index contributed by atoms with van der Waals surface area (Å²) in [6.07, 6.45) is 0. The summed E-state index contributed by atoms with van der Waals surface area (Å²) >= 11 is 5.86. The van der Waals surface area contributed by atoms with Crippen molar-refractivity contribution in [1.82, 2.24) is 0 Å². The fraction of sp³-hybridized carbons (Fsp3) is 0.0769. The van der Waals surface area contributed by atoms with E-state index >= 15 is 0 Å². The van der Waals surface area contributed by atoms with Gasteiger partial charge in [-0.25, -0.2) is 4.39 Å². The zero-order chi connectivity index (χ0) is 12.3. The summed E-state index contributed by atoms with van der Waals surface area (Å²) in [5, 5.41) is 3.66. The van der Waals surface area contributed by atoms with Gasteiger partial charge in [-0.2, -0.15) is 0 Å². The maximum Gasteiger partial charge on any atom is 0.148 e. The Morgan fingerprint density at radius 3 is 2.71 bits per heavy atom. The molecule has 0 spiro atoms. The van der Waals surface area contributed by atoms with Crippen LogP contribution in [0, 0.1) is 5.82 Å². The van der Waals surface area contributed by atoms with E-state index in [1.807, 2.05) is 18.2 Å². The molecule has 0 aliphatic rings. The number of hydrogen-bond acceptors (Lipinski definition) is 2. The third-order valence-electron chi connectivity index (χ3n) is 2.37. The third kappa shape index (κ3) is 3.11. The molecule has 17 heavy (non-hydrogen) atoms. The monoisotopic (exact) mass is 250 g/mol. The second-order valence-corrected chi connectivity index (χ2v) is 4.16. The first-order valence-corrected chi connectivity index (χ1v) is 5.56. The first-order chi connectivity index (χ1) is 8.15. The summed E-state index contributed by atoms with van der Waals surface area (Å²) in [6, 6.07) is 12.0. The van der Waals surface area contributed by atoms with Gasteiger partial charge in [-0.3, -0.25) is 0 Å². The molecule has 0 saturated heterocycles. The van der Waals surface area contributed by atoms with Gasteiger partial charge in [0.25, 0.3) is 0 Å². The highest BCUT2D eigenvalue weighted by Gasteiger charge is 2.02. The van der Waals surface area contributed by atoms with Crippen LogP contribution in [-0.4, -0.2) is 0 Å². The fourth-order valence-electron chi connectivity index (χ4n) is 1.52.